The van der Waals surface area contributed by atoms with Gasteiger partial charge < -0.3 is 4.90 Å². The first kappa shape index (κ1) is 15.7. The van der Waals surface area contributed by atoms with Crippen molar-refractivity contribution in [3.05, 3.63) is 30.3 Å². The Morgan fingerprint density at radius 1 is 1.26 bits per heavy atom. The van der Waals surface area contributed by atoms with Gasteiger partial charge in [-0.25, -0.2) is 13.1 Å². The standard InChI is InChI=1S/C13H20N2O3S/c1-3-4-10-15(2)13(16)11-14-19(17,18)12-8-6-5-7-9-12/h5-9,14H,3-4,10-11H2,1-2H3. The van der Waals surface area contributed by atoms with Crippen LogP contribution in [0, 0.1) is 0 Å². The fourth-order valence-electron chi connectivity index (χ4n) is 1.49. The Hall–Kier alpha value is -1.40. The summed E-state index contributed by atoms with van der Waals surface area (Å²) in [5, 5.41) is 0. The predicted molar refractivity (Wildman–Crippen MR) is 74.2 cm³/mol. The number of unbranched alkanes of at least 4 members (excludes halogenated alkanes) is 1. The van der Waals surface area contributed by atoms with Gasteiger partial charge in [-0.1, -0.05) is 31.5 Å². The molecule has 0 atom stereocenters. The average Bonchev–Trinajstić information content (AvgIpc) is 2.43. The van der Waals surface area contributed by atoms with Gasteiger partial charge >= 0.3 is 0 Å². The molecule has 0 aromatic heterocycles. The van der Waals surface area contributed by atoms with Gasteiger partial charge in [0, 0.05) is 13.6 Å². The lowest BCUT2D eigenvalue weighted by atomic mass is 10.3. The van der Waals surface area contributed by atoms with E-state index in [0.717, 1.165) is 12.8 Å². The van der Waals surface area contributed by atoms with Crippen LogP contribution >= 0.6 is 0 Å². The molecule has 6 heteroatoms. The van der Waals surface area contributed by atoms with Gasteiger partial charge in [-0.05, 0) is 18.6 Å². The Bertz CT molecular complexity index is 500. The summed E-state index contributed by atoms with van der Waals surface area (Å²) in [4.78, 5) is 13.4. The first-order valence-electron chi connectivity index (χ1n) is 6.26. The van der Waals surface area contributed by atoms with Crippen molar-refractivity contribution in [1.82, 2.24) is 9.62 Å². The third-order valence-corrected chi connectivity index (χ3v) is 4.16. The molecule has 1 rings (SSSR count). The summed E-state index contributed by atoms with van der Waals surface area (Å²) in [7, 11) is -1.93. The molecule has 0 fully saturated rings. The summed E-state index contributed by atoms with van der Waals surface area (Å²) in [5.74, 6) is -0.229. The molecule has 106 valence electrons. The SMILES string of the molecule is CCCCN(C)C(=O)CNS(=O)(=O)c1ccccc1. The molecule has 1 aromatic carbocycles. The van der Waals surface area contributed by atoms with Gasteiger partial charge in [0.2, 0.25) is 15.9 Å². The molecule has 5 nitrogen and oxygen atoms in total. The van der Waals surface area contributed by atoms with Crippen LogP contribution in [0.1, 0.15) is 19.8 Å². The highest BCUT2D eigenvalue weighted by Crippen LogP contribution is 2.06. The quantitative estimate of drug-likeness (QED) is 0.819. The fourth-order valence-corrected chi connectivity index (χ4v) is 2.49. The average molecular weight is 284 g/mol. The zero-order valence-corrected chi connectivity index (χ0v) is 12.1. The lowest BCUT2D eigenvalue weighted by Crippen LogP contribution is -2.38. The van der Waals surface area contributed by atoms with Crippen molar-refractivity contribution in [1.29, 1.82) is 0 Å². The van der Waals surface area contributed by atoms with E-state index >= 15 is 0 Å². The maximum Gasteiger partial charge on any atom is 0.241 e. The smallest absolute Gasteiger partial charge is 0.241 e. The minimum atomic E-state index is -3.61. The maximum atomic E-state index is 11.9. The van der Waals surface area contributed by atoms with Crippen molar-refractivity contribution in [2.24, 2.45) is 0 Å². The molecular weight excluding hydrogens is 264 g/mol. The van der Waals surface area contributed by atoms with Gasteiger partial charge in [-0.2, -0.15) is 0 Å². The molecule has 0 heterocycles. The summed E-state index contributed by atoms with van der Waals surface area (Å²) in [6.07, 6.45) is 1.90. The van der Waals surface area contributed by atoms with Crippen LogP contribution < -0.4 is 4.72 Å². The van der Waals surface area contributed by atoms with E-state index in [1.807, 2.05) is 6.92 Å². The topological polar surface area (TPSA) is 66.5 Å². The summed E-state index contributed by atoms with van der Waals surface area (Å²) in [6, 6.07) is 8.01. The summed E-state index contributed by atoms with van der Waals surface area (Å²) in [5.41, 5.74) is 0. The van der Waals surface area contributed by atoms with E-state index in [0.29, 0.717) is 6.54 Å². The van der Waals surface area contributed by atoms with Crippen molar-refractivity contribution < 1.29 is 13.2 Å². The molecule has 1 N–H and O–H groups in total. The lowest BCUT2D eigenvalue weighted by Gasteiger charge is -2.17. The van der Waals surface area contributed by atoms with Crippen LogP contribution in [0.2, 0.25) is 0 Å². The minimum Gasteiger partial charge on any atom is -0.345 e. The summed E-state index contributed by atoms with van der Waals surface area (Å²) in [6.45, 7) is 2.47. The molecule has 0 aliphatic heterocycles. The van der Waals surface area contributed by atoms with Crippen LogP contribution in [0.3, 0.4) is 0 Å². The molecule has 0 radical (unpaired) electrons. The third kappa shape index (κ3) is 5.00. The third-order valence-electron chi connectivity index (χ3n) is 2.74. The van der Waals surface area contributed by atoms with Crippen LogP contribution in [0.5, 0.6) is 0 Å². The molecule has 1 aromatic rings. The van der Waals surface area contributed by atoms with Gasteiger partial charge in [-0.15, -0.1) is 0 Å². The molecule has 19 heavy (non-hydrogen) atoms. The number of nitrogens with one attached hydrogen (secondary N) is 1. The van der Waals surface area contributed by atoms with E-state index in [4.69, 9.17) is 0 Å². The van der Waals surface area contributed by atoms with Crippen LogP contribution in [-0.2, 0) is 14.8 Å². The zero-order chi connectivity index (χ0) is 14.3. The van der Waals surface area contributed by atoms with Crippen LogP contribution in [-0.4, -0.2) is 39.4 Å². The van der Waals surface area contributed by atoms with E-state index in [-0.39, 0.29) is 17.3 Å². The van der Waals surface area contributed by atoms with Crippen LogP contribution in [0.15, 0.2) is 35.2 Å². The number of hydrogen-bond acceptors (Lipinski definition) is 3. The minimum absolute atomic E-state index is 0.166. The highest BCUT2D eigenvalue weighted by atomic mass is 32.2. The number of amides is 1. The van der Waals surface area contributed by atoms with Crippen molar-refractivity contribution >= 4 is 15.9 Å². The normalized spacial score (nSPS) is 11.3. The van der Waals surface area contributed by atoms with Gasteiger partial charge in [0.1, 0.15) is 0 Å². The number of likely N-dealkylation sites (N-methyl/N-ethyl adjacent to an activating group) is 1. The van der Waals surface area contributed by atoms with Crippen LogP contribution in [0.4, 0.5) is 0 Å². The maximum absolute atomic E-state index is 11.9. The molecule has 0 bridgehead atoms. The van der Waals surface area contributed by atoms with Crippen molar-refractivity contribution in [2.45, 2.75) is 24.7 Å². The Morgan fingerprint density at radius 3 is 2.47 bits per heavy atom. The number of carbonyl (C=O) groups excluding carboxylic acids is 1. The Balaban J connectivity index is 2.54. The molecule has 0 aliphatic rings. The fraction of sp³-hybridized carbons (Fsp3) is 0.462. The van der Waals surface area contributed by atoms with E-state index in [1.54, 1.807) is 25.2 Å². The molecule has 0 unspecified atom stereocenters. The van der Waals surface area contributed by atoms with Gasteiger partial charge in [0.15, 0.2) is 0 Å². The second-order valence-electron chi connectivity index (χ2n) is 4.31. The molecule has 0 spiro atoms. The van der Waals surface area contributed by atoms with E-state index in [9.17, 15) is 13.2 Å². The Morgan fingerprint density at radius 2 is 1.89 bits per heavy atom. The van der Waals surface area contributed by atoms with Crippen molar-refractivity contribution in [3.8, 4) is 0 Å². The number of hydrogen-bond donors (Lipinski definition) is 1. The second-order valence-corrected chi connectivity index (χ2v) is 6.07. The van der Waals surface area contributed by atoms with Gasteiger partial charge in [0.25, 0.3) is 0 Å². The Labute approximate surface area is 114 Å². The number of sulfonamides is 1. The number of rotatable bonds is 7. The Kier molecular flexibility index (Phi) is 5.98. The highest BCUT2D eigenvalue weighted by molar-refractivity contribution is 7.89. The van der Waals surface area contributed by atoms with Crippen molar-refractivity contribution in [2.75, 3.05) is 20.1 Å². The van der Waals surface area contributed by atoms with Gasteiger partial charge in [-0.3, -0.25) is 4.79 Å². The number of nitrogens with zero attached hydrogens (tertiary/aromatic N) is 1. The van der Waals surface area contributed by atoms with E-state index < -0.39 is 10.0 Å². The molecular formula is C13H20N2O3S. The largest absolute Gasteiger partial charge is 0.345 e. The second kappa shape index (κ2) is 7.25. The molecule has 0 saturated carbocycles. The molecule has 1 amide bonds. The number of carbonyl (C=O) groups is 1. The predicted octanol–water partition coefficient (Wildman–Crippen LogP) is 1.22. The summed E-state index contributed by atoms with van der Waals surface area (Å²) >= 11 is 0. The van der Waals surface area contributed by atoms with E-state index in [2.05, 4.69) is 4.72 Å². The number of benzene rings is 1. The lowest BCUT2D eigenvalue weighted by molar-refractivity contribution is -0.128. The van der Waals surface area contributed by atoms with Crippen LogP contribution in [0.25, 0.3) is 0 Å². The monoisotopic (exact) mass is 284 g/mol. The first-order valence-corrected chi connectivity index (χ1v) is 7.74. The molecule has 0 saturated heterocycles. The molecule has 0 aliphatic carbocycles. The first-order chi connectivity index (χ1) is 8.97. The summed E-state index contributed by atoms with van der Waals surface area (Å²) < 4.78 is 26.1. The van der Waals surface area contributed by atoms with Crippen molar-refractivity contribution in [3.63, 3.8) is 0 Å². The highest BCUT2D eigenvalue weighted by Gasteiger charge is 2.16. The zero-order valence-electron chi connectivity index (χ0n) is 11.3. The van der Waals surface area contributed by atoms with Gasteiger partial charge in [0.05, 0.1) is 11.4 Å². The van der Waals surface area contributed by atoms with E-state index in [1.165, 1.54) is 17.0 Å².